The molecule has 0 radical (unpaired) electrons. The van der Waals surface area contributed by atoms with Crippen LogP contribution in [0, 0.1) is 10.1 Å². The molecule has 0 aromatic heterocycles. The predicted molar refractivity (Wildman–Crippen MR) is 68.2 cm³/mol. The van der Waals surface area contributed by atoms with Gasteiger partial charge in [0.25, 0.3) is 0 Å². The zero-order valence-corrected chi connectivity index (χ0v) is 10.5. The maximum absolute atomic E-state index is 11.8. The van der Waals surface area contributed by atoms with Crippen LogP contribution in [0.5, 0.6) is 0 Å². The summed E-state index contributed by atoms with van der Waals surface area (Å²) in [4.78, 5) is 23.6. The van der Waals surface area contributed by atoms with Crippen LogP contribution in [0.1, 0.15) is 18.4 Å². The van der Waals surface area contributed by atoms with E-state index in [2.05, 4.69) is 0 Å². The maximum Gasteiger partial charge on any atom is 0.410 e. The highest BCUT2D eigenvalue weighted by Crippen LogP contribution is 2.14. The molecule has 1 atom stereocenters. The first-order valence-corrected chi connectivity index (χ1v) is 6.26. The van der Waals surface area contributed by atoms with Gasteiger partial charge in [-0.2, -0.15) is 0 Å². The van der Waals surface area contributed by atoms with Crippen LogP contribution in [-0.4, -0.2) is 35.0 Å². The van der Waals surface area contributed by atoms with Crippen molar-refractivity contribution in [2.75, 3.05) is 13.1 Å². The van der Waals surface area contributed by atoms with Gasteiger partial charge in [-0.3, -0.25) is 10.1 Å². The summed E-state index contributed by atoms with van der Waals surface area (Å²) < 4.78 is 5.16. The second kappa shape index (κ2) is 6.17. The van der Waals surface area contributed by atoms with Gasteiger partial charge in [-0.05, 0) is 12.0 Å². The molecule has 1 aromatic carbocycles. The lowest BCUT2D eigenvalue weighted by Gasteiger charge is -2.27. The molecule has 0 saturated carbocycles. The molecule has 1 aliphatic rings. The Hall–Kier alpha value is -2.11. The highest BCUT2D eigenvalue weighted by atomic mass is 16.6. The number of piperidine rings is 1. The van der Waals surface area contributed by atoms with Crippen LogP contribution in [0.3, 0.4) is 0 Å². The Bertz CT molecular complexity index is 449. The molecule has 0 aliphatic carbocycles. The number of ether oxygens (including phenoxy) is 1. The third-order valence-corrected chi connectivity index (χ3v) is 3.16. The Kier molecular flexibility index (Phi) is 4.33. The second-order valence-corrected chi connectivity index (χ2v) is 4.57. The SMILES string of the molecule is O=C(OCc1ccccc1)N1CCCC([N+](=O)[O-])C1. The molecule has 1 unspecified atom stereocenters. The number of likely N-dealkylation sites (tertiary alicyclic amines) is 1. The number of amides is 1. The molecule has 0 N–H and O–H groups in total. The first-order chi connectivity index (χ1) is 9.16. The third kappa shape index (κ3) is 3.67. The van der Waals surface area contributed by atoms with Crippen molar-refractivity contribution < 1.29 is 14.5 Å². The minimum atomic E-state index is -0.668. The van der Waals surface area contributed by atoms with Crippen LogP contribution < -0.4 is 0 Å². The Morgan fingerprint density at radius 1 is 1.42 bits per heavy atom. The van der Waals surface area contributed by atoms with E-state index in [1.807, 2.05) is 30.3 Å². The van der Waals surface area contributed by atoms with Gasteiger partial charge >= 0.3 is 6.09 Å². The number of carbonyl (C=O) groups excluding carboxylic acids is 1. The number of nitro groups is 1. The number of nitrogens with zero attached hydrogens (tertiary/aromatic N) is 2. The fourth-order valence-corrected chi connectivity index (χ4v) is 2.10. The molecule has 1 aliphatic heterocycles. The Morgan fingerprint density at radius 3 is 2.84 bits per heavy atom. The van der Waals surface area contributed by atoms with Gasteiger partial charge in [0.2, 0.25) is 6.04 Å². The third-order valence-electron chi connectivity index (χ3n) is 3.16. The maximum atomic E-state index is 11.8. The van der Waals surface area contributed by atoms with Gasteiger partial charge in [0.15, 0.2) is 0 Å². The predicted octanol–water partition coefficient (Wildman–Crippen LogP) is 2.06. The fraction of sp³-hybridized carbons (Fsp3) is 0.462. The molecule has 1 aromatic rings. The van der Waals surface area contributed by atoms with Gasteiger partial charge < -0.3 is 9.64 Å². The van der Waals surface area contributed by atoms with E-state index in [0.717, 1.165) is 5.56 Å². The van der Waals surface area contributed by atoms with Crippen molar-refractivity contribution in [3.63, 3.8) is 0 Å². The molecule has 19 heavy (non-hydrogen) atoms. The largest absolute Gasteiger partial charge is 0.445 e. The van der Waals surface area contributed by atoms with E-state index >= 15 is 0 Å². The average Bonchev–Trinajstić information content (AvgIpc) is 2.46. The summed E-state index contributed by atoms with van der Waals surface area (Å²) in [6, 6.07) is 8.68. The molecule has 0 spiro atoms. The van der Waals surface area contributed by atoms with Crippen LogP contribution in [0.4, 0.5) is 4.79 Å². The normalized spacial score (nSPS) is 18.9. The van der Waals surface area contributed by atoms with Crippen molar-refractivity contribution >= 4 is 6.09 Å². The van der Waals surface area contributed by atoms with Gasteiger partial charge in [-0.25, -0.2) is 4.79 Å². The van der Waals surface area contributed by atoms with Gasteiger partial charge in [0.05, 0.1) is 6.54 Å². The first-order valence-electron chi connectivity index (χ1n) is 6.26. The zero-order chi connectivity index (χ0) is 13.7. The summed E-state index contributed by atoms with van der Waals surface area (Å²) in [6.07, 6.45) is 0.692. The van der Waals surface area contributed by atoms with Crippen LogP contribution in [-0.2, 0) is 11.3 Å². The van der Waals surface area contributed by atoms with Gasteiger partial charge in [0.1, 0.15) is 6.61 Å². The summed E-state index contributed by atoms with van der Waals surface area (Å²) in [7, 11) is 0. The van der Waals surface area contributed by atoms with E-state index in [1.54, 1.807) is 0 Å². The lowest BCUT2D eigenvalue weighted by atomic mass is 10.1. The minimum Gasteiger partial charge on any atom is -0.445 e. The van der Waals surface area contributed by atoms with E-state index in [9.17, 15) is 14.9 Å². The highest BCUT2D eigenvalue weighted by molar-refractivity contribution is 5.67. The molecular weight excluding hydrogens is 248 g/mol. The summed E-state index contributed by atoms with van der Waals surface area (Å²) in [5, 5.41) is 10.7. The van der Waals surface area contributed by atoms with Crippen molar-refractivity contribution in [3.05, 3.63) is 46.0 Å². The number of hydrogen-bond donors (Lipinski definition) is 0. The highest BCUT2D eigenvalue weighted by Gasteiger charge is 2.31. The Balaban J connectivity index is 1.84. The number of rotatable bonds is 3. The lowest BCUT2D eigenvalue weighted by Crippen LogP contribution is -2.45. The summed E-state index contributed by atoms with van der Waals surface area (Å²) >= 11 is 0. The van der Waals surface area contributed by atoms with Crippen molar-refractivity contribution in [1.82, 2.24) is 4.90 Å². The summed E-state index contributed by atoms with van der Waals surface area (Å²) in [6.45, 7) is 0.859. The van der Waals surface area contributed by atoms with Crippen LogP contribution in [0.15, 0.2) is 30.3 Å². The van der Waals surface area contributed by atoms with Crippen molar-refractivity contribution in [2.24, 2.45) is 0 Å². The lowest BCUT2D eigenvalue weighted by molar-refractivity contribution is -0.525. The number of hydrogen-bond acceptors (Lipinski definition) is 4. The molecule has 2 rings (SSSR count). The van der Waals surface area contributed by atoms with Gasteiger partial charge in [-0.15, -0.1) is 0 Å². The van der Waals surface area contributed by atoms with Crippen LogP contribution >= 0.6 is 0 Å². The molecule has 1 saturated heterocycles. The topological polar surface area (TPSA) is 72.7 Å². The van der Waals surface area contributed by atoms with Crippen LogP contribution in [0.2, 0.25) is 0 Å². The molecule has 6 heteroatoms. The standard InChI is InChI=1S/C13H16N2O4/c16-13(19-10-11-5-2-1-3-6-11)14-8-4-7-12(9-14)15(17)18/h1-3,5-6,12H,4,7-10H2. The van der Waals surface area contributed by atoms with E-state index in [4.69, 9.17) is 4.74 Å². The Labute approximate surface area is 111 Å². The quantitative estimate of drug-likeness (QED) is 0.618. The van der Waals surface area contributed by atoms with Crippen molar-refractivity contribution in [2.45, 2.75) is 25.5 Å². The second-order valence-electron chi connectivity index (χ2n) is 4.57. The van der Waals surface area contributed by atoms with Crippen molar-refractivity contribution in [1.29, 1.82) is 0 Å². The molecule has 0 bridgehead atoms. The molecule has 1 heterocycles. The van der Waals surface area contributed by atoms with Gasteiger partial charge in [0, 0.05) is 17.9 Å². The monoisotopic (exact) mass is 264 g/mol. The number of benzene rings is 1. The Morgan fingerprint density at radius 2 is 2.16 bits per heavy atom. The van der Waals surface area contributed by atoms with E-state index in [0.29, 0.717) is 19.4 Å². The average molecular weight is 264 g/mol. The van der Waals surface area contributed by atoms with E-state index in [1.165, 1.54) is 4.90 Å². The molecule has 1 fully saturated rings. The number of carbonyl (C=O) groups is 1. The fourth-order valence-electron chi connectivity index (χ4n) is 2.10. The van der Waals surface area contributed by atoms with Crippen LogP contribution in [0.25, 0.3) is 0 Å². The molecular formula is C13H16N2O4. The zero-order valence-electron chi connectivity index (χ0n) is 10.5. The van der Waals surface area contributed by atoms with Crippen molar-refractivity contribution in [3.8, 4) is 0 Å². The van der Waals surface area contributed by atoms with E-state index < -0.39 is 12.1 Å². The molecule has 102 valence electrons. The molecule has 6 nitrogen and oxygen atoms in total. The summed E-state index contributed by atoms with van der Waals surface area (Å²) in [5.41, 5.74) is 0.902. The van der Waals surface area contributed by atoms with E-state index in [-0.39, 0.29) is 18.1 Å². The molecule has 1 amide bonds. The van der Waals surface area contributed by atoms with Gasteiger partial charge in [-0.1, -0.05) is 30.3 Å². The minimum absolute atomic E-state index is 0.140. The summed E-state index contributed by atoms with van der Waals surface area (Å²) in [5.74, 6) is 0. The smallest absolute Gasteiger partial charge is 0.410 e. The first kappa shape index (κ1) is 13.3.